The summed E-state index contributed by atoms with van der Waals surface area (Å²) in [4.78, 5) is 24.3. The minimum atomic E-state index is -4.85. The predicted octanol–water partition coefficient (Wildman–Crippen LogP) is 1.91. The summed E-state index contributed by atoms with van der Waals surface area (Å²) in [6.45, 7) is 0.140. The molecule has 1 fully saturated rings. The molecule has 1 aliphatic heterocycles. The number of carbonyl (C=O) groups is 2. The first-order chi connectivity index (χ1) is 11.3. The highest BCUT2D eigenvalue weighted by Crippen LogP contribution is 2.27. The van der Waals surface area contributed by atoms with E-state index in [0.717, 1.165) is 23.1 Å². The average molecular weight is 345 g/mol. The Kier molecular flexibility index (Phi) is 5.45. The van der Waals surface area contributed by atoms with Crippen molar-refractivity contribution in [1.29, 1.82) is 0 Å². The third-order valence-electron chi connectivity index (χ3n) is 3.25. The third kappa shape index (κ3) is 4.72. The van der Waals surface area contributed by atoms with Crippen molar-refractivity contribution in [3.05, 3.63) is 35.9 Å². The number of aliphatic carboxylic acids is 1. The molecule has 1 saturated heterocycles. The maximum absolute atomic E-state index is 12.4. The quantitative estimate of drug-likeness (QED) is 0.844. The van der Waals surface area contributed by atoms with Crippen LogP contribution in [0.3, 0.4) is 0 Å². The summed E-state index contributed by atoms with van der Waals surface area (Å²) in [7, 11) is 0. The van der Waals surface area contributed by atoms with Gasteiger partial charge in [-0.25, -0.2) is 4.79 Å². The van der Waals surface area contributed by atoms with Crippen molar-refractivity contribution in [1.82, 2.24) is 4.90 Å². The second-order valence-electron chi connectivity index (χ2n) is 4.88. The first-order valence-electron chi connectivity index (χ1n) is 6.92. The summed E-state index contributed by atoms with van der Waals surface area (Å²) in [5.41, 5.74) is 0.0447. The molecule has 24 heavy (non-hydrogen) atoms. The van der Waals surface area contributed by atoms with Crippen LogP contribution in [0.1, 0.15) is 5.56 Å². The van der Waals surface area contributed by atoms with Crippen LogP contribution in [-0.4, -0.2) is 54.0 Å². The van der Waals surface area contributed by atoms with E-state index in [9.17, 15) is 22.8 Å². The molecule has 0 radical (unpaired) electrons. The Labute approximate surface area is 135 Å². The van der Waals surface area contributed by atoms with Crippen LogP contribution >= 0.6 is 0 Å². The van der Waals surface area contributed by atoms with E-state index in [1.165, 1.54) is 18.2 Å². The maximum atomic E-state index is 12.4. The van der Waals surface area contributed by atoms with Crippen molar-refractivity contribution < 1.29 is 37.3 Å². The number of nitrogens with zero attached hydrogens (tertiary/aromatic N) is 1. The van der Waals surface area contributed by atoms with Crippen LogP contribution in [-0.2, 0) is 14.3 Å². The van der Waals surface area contributed by atoms with E-state index in [-0.39, 0.29) is 25.3 Å². The molecule has 0 spiro atoms. The maximum Gasteiger partial charge on any atom is 0.573 e. The number of halogens is 3. The van der Waals surface area contributed by atoms with Crippen molar-refractivity contribution in [3.8, 4) is 5.75 Å². The third-order valence-corrected chi connectivity index (χ3v) is 3.25. The van der Waals surface area contributed by atoms with E-state index >= 15 is 0 Å². The topological polar surface area (TPSA) is 76.1 Å². The van der Waals surface area contributed by atoms with Gasteiger partial charge >= 0.3 is 12.3 Å². The van der Waals surface area contributed by atoms with Gasteiger partial charge in [-0.1, -0.05) is 18.2 Å². The number of carbonyl (C=O) groups excluding carboxylic acids is 1. The lowest BCUT2D eigenvalue weighted by Gasteiger charge is -2.32. The average Bonchev–Trinajstić information content (AvgIpc) is 2.52. The Morgan fingerprint density at radius 3 is 2.71 bits per heavy atom. The molecule has 2 rings (SSSR count). The summed E-state index contributed by atoms with van der Waals surface area (Å²) >= 11 is 0. The van der Waals surface area contributed by atoms with Crippen LogP contribution in [0.2, 0.25) is 0 Å². The predicted molar refractivity (Wildman–Crippen MR) is 76.1 cm³/mol. The first kappa shape index (κ1) is 17.8. The van der Waals surface area contributed by atoms with Gasteiger partial charge in [0.15, 0.2) is 6.04 Å². The SMILES string of the molecule is O=C(O)C1COCCN1C(=O)/C=C/c1ccccc1OC(F)(F)F. The van der Waals surface area contributed by atoms with E-state index in [1.807, 2.05) is 0 Å². The summed E-state index contributed by atoms with van der Waals surface area (Å²) < 4.78 is 45.9. The van der Waals surface area contributed by atoms with Gasteiger partial charge in [0.05, 0.1) is 13.2 Å². The largest absolute Gasteiger partial charge is 0.573 e. The number of hydrogen-bond acceptors (Lipinski definition) is 4. The number of carboxylic acid groups (broad SMARTS) is 1. The molecule has 0 aromatic heterocycles. The van der Waals surface area contributed by atoms with Crippen LogP contribution < -0.4 is 4.74 Å². The fraction of sp³-hybridized carbons (Fsp3) is 0.333. The van der Waals surface area contributed by atoms with Crippen LogP contribution in [0.25, 0.3) is 6.08 Å². The van der Waals surface area contributed by atoms with Crippen LogP contribution in [0.15, 0.2) is 30.3 Å². The van der Waals surface area contributed by atoms with Crippen LogP contribution in [0, 0.1) is 0 Å². The molecular formula is C15H14F3NO5. The van der Waals surface area contributed by atoms with Crippen molar-refractivity contribution in [2.24, 2.45) is 0 Å². The standard InChI is InChI=1S/C15H14F3NO5/c16-15(17,18)24-12-4-2-1-3-10(12)5-6-13(20)19-7-8-23-9-11(19)14(21)22/h1-6,11H,7-9H2,(H,21,22)/b6-5+. The zero-order valence-corrected chi connectivity index (χ0v) is 12.3. The second kappa shape index (κ2) is 7.35. The minimum absolute atomic E-state index is 0.0447. The van der Waals surface area contributed by atoms with Gasteiger partial charge in [0.25, 0.3) is 0 Å². The van der Waals surface area contributed by atoms with Crippen LogP contribution in [0.5, 0.6) is 5.75 Å². The Morgan fingerprint density at radius 1 is 1.33 bits per heavy atom. The number of morpholine rings is 1. The monoisotopic (exact) mass is 345 g/mol. The number of rotatable bonds is 4. The molecule has 1 amide bonds. The normalized spacial score (nSPS) is 18.6. The molecular weight excluding hydrogens is 331 g/mol. The molecule has 130 valence electrons. The van der Waals surface area contributed by atoms with Gasteiger partial charge in [0, 0.05) is 18.2 Å². The number of para-hydroxylation sites is 1. The molecule has 9 heteroatoms. The molecule has 1 aromatic rings. The molecule has 0 saturated carbocycles. The van der Waals surface area contributed by atoms with E-state index in [4.69, 9.17) is 9.84 Å². The van der Waals surface area contributed by atoms with E-state index in [2.05, 4.69) is 4.74 Å². The Hall–Kier alpha value is -2.55. The van der Waals surface area contributed by atoms with Gasteiger partial charge in [-0.3, -0.25) is 4.79 Å². The molecule has 1 atom stereocenters. The fourth-order valence-corrected chi connectivity index (χ4v) is 2.16. The molecule has 1 heterocycles. The van der Waals surface area contributed by atoms with Gasteiger partial charge < -0.3 is 19.5 Å². The zero-order chi connectivity index (χ0) is 17.7. The molecule has 0 aliphatic carbocycles. The smallest absolute Gasteiger partial charge is 0.480 e. The molecule has 1 N–H and O–H groups in total. The van der Waals surface area contributed by atoms with Crippen molar-refractivity contribution in [2.45, 2.75) is 12.4 Å². The lowest BCUT2D eigenvalue weighted by Crippen LogP contribution is -2.52. The van der Waals surface area contributed by atoms with Crippen molar-refractivity contribution in [3.63, 3.8) is 0 Å². The van der Waals surface area contributed by atoms with Gasteiger partial charge in [0.2, 0.25) is 5.91 Å². The van der Waals surface area contributed by atoms with Crippen molar-refractivity contribution >= 4 is 18.0 Å². The number of amides is 1. The molecule has 1 unspecified atom stereocenters. The zero-order valence-electron chi connectivity index (χ0n) is 12.3. The molecule has 6 nitrogen and oxygen atoms in total. The Bertz CT molecular complexity index is 644. The molecule has 0 bridgehead atoms. The van der Waals surface area contributed by atoms with E-state index in [1.54, 1.807) is 0 Å². The minimum Gasteiger partial charge on any atom is -0.480 e. The summed E-state index contributed by atoms with van der Waals surface area (Å²) in [5.74, 6) is -2.30. The molecule has 1 aliphatic rings. The Morgan fingerprint density at radius 2 is 2.04 bits per heavy atom. The first-order valence-corrected chi connectivity index (χ1v) is 6.92. The number of carboxylic acids is 1. The highest BCUT2D eigenvalue weighted by atomic mass is 19.4. The van der Waals surface area contributed by atoms with E-state index in [0.29, 0.717) is 0 Å². The van der Waals surface area contributed by atoms with Crippen LogP contribution in [0.4, 0.5) is 13.2 Å². The highest BCUT2D eigenvalue weighted by molar-refractivity contribution is 5.94. The van der Waals surface area contributed by atoms with E-state index < -0.39 is 30.0 Å². The summed E-state index contributed by atoms with van der Waals surface area (Å²) in [5, 5.41) is 9.07. The lowest BCUT2D eigenvalue weighted by molar-refractivity contribution is -0.274. The summed E-state index contributed by atoms with van der Waals surface area (Å²) in [6, 6.07) is 4.19. The number of hydrogen-bond donors (Lipinski definition) is 1. The number of alkyl halides is 3. The molecule has 1 aromatic carbocycles. The number of benzene rings is 1. The number of ether oxygens (including phenoxy) is 2. The van der Waals surface area contributed by atoms with Crippen molar-refractivity contribution in [2.75, 3.05) is 19.8 Å². The van der Waals surface area contributed by atoms with Gasteiger partial charge in [-0.15, -0.1) is 13.2 Å². The fourth-order valence-electron chi connectivity index (χ4n) is 2.16. The second-order valence-corrected chi connectivity index (χ2v) is 4.88. The van der Waals surface area contributed by atoms with Gasteiger partial charge in [0.1, 0.15) is 5.75 Å². The highest BCUT2D eigenvalue weighted by Gasteiger charge is 2.33. The van der Waals surface area contributed by atoms with Gasteiger partial charge in [-0.05, 0) is 12.1 Å². The summed E-state index contributed by atoms with van der Waals surface area (Å²) in [6.07, 6.45) is -2.69. The Balaban J connectivity index is 2.15. The lowest BCUT2D eigenvalue weighted by atomic mass is 10.1. The van der Waals surface area contributed by atoms with Gasteiger partial charge in [-0.2, -0.15) is 0 Å².